The van der Waals surface area contributed by atoms with E-state index in [1.54, 1.807) is 43.3 Å². The zero-order chi connectivity index (χ0) is 26.5. The molecule has 2 rings (SSSR count). The molecule has 8 nitrogen and oxygen atoms in total. The van der Waals surface area contributed by atoms with Gasteiger partial charge in [-0.15, -0.1) is 0 Å². The summed E-state index contributed by atoms with van der Waals surface area (Å²) >= 11 is 17.5. The molecule has 36 heavy (non-hydrogen) atoms. The Morgan fingerprint density at radius 1 is 1.17 bits per heavy atom. The molecule has 0 unspecified atom stereocenters. The number of carbonyl (C=O) groups excluding carboxylic acids is 1. The topological polar surface area (TPSA) is 106 Å². The van der Waals surface area contributed by atoms with Gasteiger partial charge >= 0.3 is 5.97 Å². The van der Waals surface area contributed by atoms with Crippen molar-refractivity contribution in [1.29, 1.82) is 0 Å². The molecule has 0 aliphatic rings. The van der Waals surface area contributed by atoms with Crippen LogP contribution < -0.4 is 14.8 Å². The number of halogens is 3. The minimum absolute atomic E-state index is 0.0953. The summed E-state index contributed by atoms with van der Waals surface area (Å²) in [6.07, 6.45) is 4.68. The van der Waals surface area contributed by atoms with Crippen LogP contribution in [0.15, 0.2) is 58.2 Å². The second-order valence-corrected chi connectivity index (χ2v) is 8.66. The molecule has 0 saturated carbocycles. The van der Waals surface area contributed by atoms with E-state index in [4.69, 9.17) is 54.2 Å². The molecule has 0 aliphatic heterocycles. The van der Waals surface area contributed by atoms with Crippen molar-refractivity contribution in [3.8, 4) is 11.5 Å². The lowest BCUT2D eigenvalue weighted by molar-refractivity contribution is -0.131. The minimum Gasteiger partial charge on any atom is -0.494 e. The van der Waals surface area contributed by atoms with Gasteiger partial charge in [0.05, 0.1) is 17.8 Å². The number of hydrogen-bond donors (Lipinski definition) is 2. The quantitative estimate of drug-likeness (QED) is 0.130. The van der Waals surface area contributed by atoms with E-state index in [0.29, 0.717) is 45.5 Å². The molecule has 0 heterocycles. The van der Waals surface area contributed by atoms with Crippen LogP contribution in [0.5, 0.6) is 11.5 Å². The molecular weight excluding hydrogens is 531 g/mol. The van der Waals surface area contributed by atoms with Gasteiger partial charge in [0.15, 0.2) is 0 Å². The van der Waals surface area contributed by atoms with Gasteiger partial charge in [0, 0.05) is 29.8 Å². The Balaban J connectivity index is 1.87. The van der Waals surface area contributed by atoms with Gasteiger partial charge in [-0.1, -0.05) is 52.1 Å². The monoisotopic (exact) mass is 554 g/mol. The molecule has 0 spiro atoms. The lowest BCUT2D eigenvalue weighted by atomic mass is 10.1. The number of benzene rings is 2. The number of amides is 1. The summed E-state index contributed by atoms with van der Waals surface area (Å²) in [6.45, 7) is 2.11. The summed E-state index contributed by atoms with van der Waals surface area (Å²) < 4.78 is 11.1. The van der Waals surface area contributed by atoms with E-state index in [2.05, 4.69) is 10.5 Å². The second kappa shape index (κ2) is 15.0. The van der Waals surface area contributed by atoms with E-state index < -0.39 is 5.97 Å². The summed E-state index contributed by atoms with van der Waals surface area (Å²) in [4.78, 5) is 28.1. The Hall–Kier alpha value is -3.20. The first kappa shape index (κ1) is 29.0. The van der Waals surface area contributed by atoms with E-state index in [0.717, 1.165) is 6.08 Å². The van der Waals surface area contributed by atoms with Crippen molar-refractivity contribution in [2.45, 2.75) is 19.8 Å². The standard InChI is InChI=1S/C25H25Cl3N2O6/c1-16(20-14-19(35-13-11-22(27)28)15-21(26)25(20)34-2)30-36-12-3-4-23(31)29-18-8-5-17(6-9-18)7-10-24(32)33/h5-11,14-15H,3-4,12-13H2,1-2H3,(H,29,31)(H,32,33)/b10-7+,30-16?. The zero-order valence-electron chi connectivity index (χ0n) is 19.6. The van der Waals surface area contributed by atoms with E-state index in [9.17, 15) is 9.59 Å². The molecular formula is C25H25Cl3N2O6. The molecule has 0 saturated heterocycles. The highest BCUT2D eigenvalue weighted by Crippen LogP contribution is 2.34. The van der Waals surface area contributed by atoms with Crippen molar-refractivity contribution < 1.29 is 29.0 Å². The van der Waals surface area contributed by atoms with Crippen LogP contribution in [0.2, 0.25) is 5.02 Å². The van der Waals surface area contributed by atoms with Gasteiger partial charge in [-0.3, -0.25) is 4.79 Å². The number of anilines is 1. The Morgan fingerprint density at radius 2 is 1.89 bits per heavy atom. The Morgan fingerprint density at radius 3 is 2.53 bits per heavy atom. The molecule has 1 amide bonds. The largest absolute Gasteiger partial charge is 0.494 e. The van der Waals surface area contributed by atoms with E-state index >= 15 is 0 Å². The van der Waals surface area contributed by atoms with Gasteiger partial charge in [0.25, 0.3) is 0 Å². The van der Waals surface area contributed by atoms with Crippen LogP contribution >= 0.6 is 34.8 Å². The first-order valence-corrected chi connectivity index (χ1v) is 11.8. The van der Waals surface area contributed by atoms with E-state index in [-0.39, 0.29) is 30.0 Å². The number of oxime groups is 1. The van der Waals surface area contributed by atoms with Crippen LogP contribution in [0, 0.1) is 0 Å². The fourth-order valence-corrected chi connectivity index (χ4v) is 3.30. The number of carboxylic acids is 1. The van der Waals surface area contributed by atoms with Crippen LogP contribution in [0.3, 0.4) is 0 Å². The smallest absolute Gasteiger partial charge is 0.328 e. The lowest BCUT2D eigenvalue weighted by Gasteiger charge is -2.13. The number of carboxylic acid groups (broad SMARTS) is 1. The molecule has 0 fully saturated rings. The molecule has 0 bridgehead atoms. The number of methoxy groups -OCH3 is 1. The van der Waals surface area contributed by atoms with Gasteiger partial charge in [0.1, 0.15) is 29.2 Å². The highest BCUT2D eigenvalue weighted by molar-refractivity contribution is 6.55. The van der Waals surface area contributed by atoms with Gasteiger partial charge in [0.2, 0.25) is 5.91 Å². The van der Waals surface area contributed by atoms with Crippen molar-refractivity contribution in [2.24, 2.45) is 5.16 Å². The Kier molecular flexibility index (Phi) is 12.1. The van der Waals surface area contributed by atoms with Crippen molar-refractivity contribution in [2.75, 3.05) is 25.6 Å². The van der Waals surface area contributed by atoms with Crippen LogP contribution in [0.4, 0.5) is 5.69 Å². The van der Waals surface area contributed by atoms with Crippen LogP contribution in [-0.2, 0) is 14.4 Å². The maximum Gasteiger partial charge on any atom is 0.328 e. The molecule has 0 aliphatic carbocycles. The summed E-state index contributed by atoms with van der Waals surface area (Å²) in [6, 6.07) is 10.1. The van der Waals surface area contributed by atoms with Crippen molar-refractivity contribution >= 4 is 64.2 Å². The average Bonchev–Trinajstić information content (AvgIpc) is 2.82. The third kappa shape index (κ3) is 10.2. The molecule has 2 aromatic rings. The summed E-state index contributed by atoms with van der Waals surface area (Å²) in [7, 11) is 1.49. The fraction of sp³-hybridized carbons (Fsp3) is 0.240. The normalized spacial score (nSPS) is 11.2. The van der Waals surface area contributed by atoms with Crippen molar-refractivity contribution in [1.82, 2.24) is 0 Å². The minimum atomic E-state index is -1.03. The van der Waals surface area contributed by atoms with Crippen LogP contribution in [-0.4, -0.2) is 43.0 Å². The maximum absolute atomic E-state index is 12.2. The molecule has 192 valence electrons. The molecule has 0 radical (unpaired) electrons. The number of carbonyl (C=O) groups is 2. The molecule has 11 heteroatoms. The summed E-state index contributed by atoms with van der Waals surface area (Å²) in [5.41, 5.74) is 2.41. The first-order valence-electron chi connectivity index (χ1n) is 10.7. The zero-order valence-corrected chi connectivity index (χ0v) is 21.9. The van der Waals surface area contributed by atoms with E-state index in [1.807, 2.05) is 0 Å². The highest BCUT2D eigenvalue weighted by Gasteiger charge is 2.14. The number of nitrogens with one attached hydrogen (secondary N) is 1. The molecule has 0 aromatic heterocycles. The molecule has 2 N–H and O–H groups in total. The van der Waals surface area contributed by atoms with Crippen molar-refractivity contribution in [3.05, 3.63) is 69.2 Å². The van der Waals surface area contributed by atoms with Gasteiger partial charge in [-0.05, 0) is 49.3 Å². The second-order valence-electron chi connectivity index (χ2n) is 7.25. The summed E-state index contributed by atoms with van der Waals surface area (Å²) in [5.74, 6) is -0.318. The number of hydrogen-bond acceptors (Lipinski definition) is 6. The summed E-state index contributed by atoms with van der Waals surface area (Å²) in [5, 5.41) is 15.9. The third-order valence-corrected chi connectivity index (χ3v) is 5.14. The lowest BCUT2D eigenvalue weighted by Crippen LogP contribution is -2.12. The van der Waals surface area contributed by atoms with Crippen LogP contribution in [0.25, 0.3) is 6.08 Å². The number of aliphatic carboxylic acids is 1. The van der Waals surface area contributed by atoms with Crippen molar-refractivity contribution in [3.63, 3.8) is 0 Å². The van der Waals surface area contributed by atoms with Gasteiger partial charge in [-0.25, -0.2) is 4.79 Å². The molecule has 2 aromatic carbocycles. The SMILES string of the molecule is COc1c(Cl)cc(OCC=C(Cl)Cl)cc1C(C)=NOCCCC(=O)Nc1ccc(/C=C/C(=O)O)cc1. The highest BCUT2D eigenvalue weighted by atomic mass is 35.5. The molecule has 0 atom stereocenters. The van der Waals surface area contributed by atoms with E-state index in [1.165, 1.54) is 19.3 Å². The van der Waals surface area contributed by atoms with Crippen LogP contribution in [0.1, 0.15) is 30.9 Å². The average molecular weight is 556 g/mol. The maximum atomic E-state index is 12.2. The Bertz CT molecular complexity index is 1140. The fourth-order valence-electron chi connectivity index (χ4n) is 2.89. The number of ether oxygens (including phenoxy) is 2. The number of nitrogens with zero attached hydrogens (tertiary/aromatic N) is 1. The predicted molar refractivity (Wildman–Crippen MR) is 142 cm³/mol. The first-order chi connectivity index (χ1) is 17.2. The Labute approximate surface area is 224 Å². The number of rotatable bonds is 13. The van der Waals surface area contributed by atoms with Gasteiger partial charge < -0.3 is 24.7 Å². The predicted octanol–water partition coefficient (Wildman–Crippen LogP) is 6.30. The third-order valence-electron chi connectivity index (χ3n) is 4.55. The van der Waals surface area contributed by atoms with Gasteiger partial charge in [-0.2, -0.15) is 0 Å².